The lowest BCUT2D eigenvalue weighted by Crippen LogP contribution is -2.30. The minimum absolute atomic E-state index is 0.00253. The van der Waals surface area contributed by atoms with Crippen molar-refractivity contribution in [2.24, 2.45) is 11.7 Å². The van der Waals surface area contributed by atoms with Gasteiger partial charge in [0.1, 0.15) is 6.61 Å². The van der Waals surface area contributed by atoms with Crippen LogP contribution in [-0.2, 0) is 20.9 Å². The van der Waals surface area contributed by atoms with E-state index in [2.05, 4.69) is 20.6 Å². The molecule has 1 aromatic carbocycles. The number of hydrogen-bond donors (Lipinski definition) is 3. The number of carbonyl (C=O) groups excluding carboxylic acids is 1. The number of esters is 1. The van der Waals surface area contributed by atoms with Gasteiger partial charge in [0.15, 0.2) is 11.7 Å². The first-order chi connectivity index (χ1) is 10.6. The number of aromatic nitrogens is 4. The molecule has 0 spiro atoms. The largest absolute Gasteiger partial charge is 0.481 e. The Labute approximate surface area is 125 Å². The average molecular weight is 305 g/mol. The SMILES string of the molecule is NC(C[C@@H](C(=O)O)C(=O)OCc1ccccc1)c1nnn[nH]1. The van der Waals surface area contributed by atoms with Crippen LogP contribution in [0.25, 0.3) is 0 Å². The van der Waals surface area contributed by atoms with E-state index < -0.39 is 23.9 Å². The summed E-state index contributed by atoms with van der Waals surface area (Å²) in [5.41, 5.74) is 6.55. The molecule has 4 N–H and O–H groups in total. The fourth-order valence-electron chi connectivity index (χ4n) is 1.82. The summed E-state index contributed by atoms with van der Waals surface area (Å²) in [4.78, 5) is 23.2. The predicted molar refractivity (Wildman–Crippen MR) is 73.1 cm³/mol. The zero-order chi connectivity index (χ0) is 15.9. The van der Waals surface area contributed by atoms with Crippen LogP contribution in [0.2, 0.25) is 0 Å². The van der Waals surface area contributed by atoms with Gasteiger partial charge in [-0.25, -0.2) is 5.10 Å². The van der Waals surface area contributed by atoms with Gasteiger partial charge in [0.05, 0.1) is 6.04 Å². The highest BCUT2D eigenvalue weighted by atomic mass is 16.5. The number of nitrogens with two attached hydrogens (primary N) is 1. The molecule has 0 radical (unpaired) electrons. The van der Waals surface area contributed by atoms with Crippen molar-refractivity contribution in [3.05, 3.63) is 41.7 Å². The third kappa shape index (κ3) is 4.09. The van der Waals surface area contributed by atoms with Crippen molar-refractivity contribution >= 4 is 11.9 Å². The van der Waals surface area contributed by atoms with Crippen LogP contribution in [0.3, 0.4) is 0 Å². The van der Waals surface area contributed by atoms with Gasteiger partial charge in [-0.2, -0.15) is 0 Å². The van der Waals surface area contributed by atoms with Gasteiger partial charge in [0, 0.05) is 0 Å². The van der Waals surface area contributed by atoms with Gasteiger partial charge < -0.3 is 15.6 Å². The summed E-state index contributed by atoms with van der Waals surface area (Å²) in [6, 6.07) is 8.16. The van der Waals surface area contributed by atoms with Crippen molar-refractivity contribution in [1.82, 2.24) is 20.6 Å². The third-order valence-corrected chi connectivity index (χ3v) is 3.01. The first kappa shape index (κ1) is 15.6. The lowest BCUT2D eigenvalue weighted by atomic mass is 10.00. The molecule has 1 heterocycles. The topological polar surface area (TPSA) is 144 Å². The predicted octanol–water partition coefficient (Wildman–Crippen LogP) is 0.0338. The lowest BCUT2D eigenvalue weighted by molar-refractivity contribution is -0.160. The van der Waals surface area contributed by atoms with Crippen molar-refractivity contribution in [3.63, 3.8) is 0 Å². The molecule has 0 saturated heterocycles. The number of benzene rings is 1. The van der Waals surface area contributed by atoms with Gasteiger partial charge in [-0.15, -0.1) is 5.10 Å². The molecule has 0 saturated carbocycles. The van der Waals surface area contributed by atoms with Crippen LogP contribution in [-0.4, -0.2) is 37.7 Å². The molecular weight excluding hydrogens is 290 g/mol. The van der Waals surface area contributed by atoms with Crippen molar-refractivity contribution in [3.8, 4) is 0 Å². The fourth-order valence-corrected chi connectivity index (χ4v) is 1.82. The molecule has 0 aliphatic carbocycles. The quantitative estimate of drug-likeness (QED) is 0.480. The number of rotatable bonds is 7. The summed E-state index contributed by atoms with van der Waals surface area (Å²) in [5.74, 6) is -3.33. The molecular formula is C13H15N5O4. The second-order valence-electron chi connectivity index (χ2n) is 4.61. The molecule has 22 heavy (non-hydrogen) atoms. The number of hydrogen-bond acceptors (Lipinski definition) is 7. The summed E-state index contributed by atoms with van der Waals surface area (Å²) < 4.78 is 5.03. The number of nitrogens with zero attached hydrogens (tertiary/aromatic N) is 3. The zero-order valence-corrected chi connectivity index (χ0v) is 11.5. The third-order valence-electron chi connectivity index (χ3n) is 3.01. The number of carboxylic acids is 1. The van der Waals surface area contributed by atoms with Gasteiger partial charge in [-0.05, 0) is 22.4 Å². The molecule has 2 rings (SSSR count). The lowest BCUT2D eigenvalue weighted by Gasteiger charge is -2.15. The molecule has 1 aromatic heterocycles. The van der Waals surface area contributed by atoms with E-state index in [4.69, 9.17) is 15.6 Å². The number of nitrogens with one attached hydrogen (secondary N) is 1. The Morgan fingerprint density at radius 1 is 1.32 bits per heavy atom. The Bertz CT molecular complexity index is 617. The second-order valence-corrected chi connectivity index (χ2v) is 4.61. The monoisotopic (exact) mass is 305 g/mol. The smallest absolute Gasteiger partial charge is 0.320 e. The first-order valence-corrected chi connectivity index (χ1v) is 6.50. The number of ether oxygens (including phenoxy) is 1. The van der Waals surface area contributed by atoms with E-state index in [-0.39, 0.29) is 18.9 Å². The molecule has 9 nitrogen and oxygen atoms in total. The van der Waals surface area contributed by atoms with E-state index in [1.165, 1.54) is 0 Å². The van der Waals surface area contributed by atoms with Crippen LogP contribution in [0.1, 0.15) is 23.9 Å². The van der Waals surface area contributed by atoms with E-state index in [0.717, 1.165) is 5.56 Å². The van der Waals surface area contributed by atoms with Gasteiger partial charge in [-0.1, -0.05) is 30.3 Å². The highest BCUT2D eigenvalue weighted by Gasteiger charge is 2.31. The van der Waals surface area contributed by atoms with Gasteiger partial charge in [0.25, 0.3) is 0 Å². The summed E-state index contributed by atoms with van der Waals surface area (Å²) in [6.07, 6.45) is -0.167. The van der Waals surface area contributed by atoms with Crippen LogP contribution < -0.4 is 5.73 Å². The number of aromatic amines is 1. The molecule has 0 amide bonds. The van der Waals surface area contributed by atoms with Crippen LogP contribution in [0, 0.1) is 5.92 Å². The standard InChI is InChI=1S/C13H15N5O4/c14-10(11-15-17-18-16-11)6-9(12(19)20)13(21)22-7-8-4-2-1-3-5-8/h1-5,9-10H,6-7,14H2,(H,19,20)(H,15,16,17,18)/t9-,10?/m0/s1. The summed E-state index contributed by atoms with van der Waals surface area (Å²) in [7, 11) is 0. The summed E-state index contributed by atoms with van der Waals surface area (Å²) in [5, 5.41) is 21.9. The molecule has 0 aliphatic heterocycles. The Balaban J connectivity index is 1.95. The molecule has 116 valence electrons. The first-order valence-electron chi connectivity index (χ1n) is 6.50. The highest BCUT2D eigenvalue weighted by Crippen LogP contribution is 2.17. The number of aliphatic carboxylic acids is 1. The second kappa shape index (κ2) is 7.27. The normalized spacial score (nSPS) is 13.3. The minimum atomic E-state index is -1.39. The maximum absolute atomic E-state index is 11.9. The molecule has 2 aromatic rings. The van der Waals surface area contributed by atoms with Gasteiger partial charge in [-0.3, -0.25) is 9.59 Å². The van der Waals surface area contributed by atoms with Crippen molar-refractivity contribution in [2.45, 2.75) is 19.1 Å². The number of tetrazole rings is 1. The molecule has 0 aliphatic rings. The van der Waals surface area contributed by atoms with Crippen molar-refractivity contribution in [2.75, 3.05) is 0 Å². The van der Waals surface area contributed by atoms with Gasteiger partial charge >= 0.3 is 11.9 Å². The van der Waals surface area contributed by atoms with E-state index in [1.54, 1.807) is 24.3 Å². The van der Waals surface area contributed by atoms with Crippen molar-refractivity contribution in [1.29, 1.82) is 0 Å². The van der Waals surface area contributed by atoms with Crippen LogP contribution in [0.4, 0.5) is 0 Å². The maximum Gasteiger partial charge on any atom is 0.320 e. The Morgan fingerprint density at radius 2 is 2.05 bits per heavy atom. The van der Waals surface area contributed by atoms with E-state index in [1.807, 2.05) is 6.07 Å². The molecule has 0 fully saturated rings. The summed E-state index contributed by atoms with van der Waals surface area (Å²) in [6.45, 7) is 0.00253. The molecule has 9 heteroatoms. The Kier molecular flexibility index (Phi) is 5.15. The Morgan fingerprint density at radius 3 is 2.64 bits per heavy atom. The maximum atomic E-state index is 11.9. The van der Waals surface area contributed by atoms with Crippen LogP contribution in [0.15, 0.2) is 30.3 Å². The highest BCUT2D eigenvalue weighted by molar-refractivity contribution is 5.93. The van der Waals surface area contributed by atoms with Crippen LogP contribution >= 0.6 is 0 Å². The number of carbonyl (C=O) groups is 2. The average Bonchev–Trinajstić information content (AvgIpc) is 3.05. The van der Waals surface area contributed by atoms with Gasteiger partial charge in [0.2, 0.25) is 0 Å². The number of carboxylic acid groups (broad SMARTS) is 1. The van der Waals surface area contributed by atoms with Crippen molar-refractivity contribution < 1.29 is 19.4 Å². The van der Waals surface area contributed by atoms with E-state index >= 15 is 0 Å². The summed E-state index contributed by atoms with van der Waals surface area (Å²) >= 11 is 0. The number of H-pyrrole nitrogens is 1. The Hall–Kier alpha value is -2.81. The van der Waals surface area contributed by atoms with E-state index in [9.17, 15) is 9.59 Å². The zero-order valence-electron chi connectivity index (χ0n) is 11.5. The molecule has 0 bridgehead atoms. The molecule has 2 atom stereocenters. The van der Waals surface area contributed by atoms with E-state index in [0.29, 0.717) is 0 Å². The fraction of sp³-hybridized carbons (Fsp3) is 0.308. The minimum Gasteiger partial charge on any atom is -0.481 e. The van der Waals surface area contributed by atoms with Crippen LogP contribution in [0.5, 0.6) is 0 Å². The molecule has 1 unspecified atom stereocenters.